The predicted molar refractivity (Wildman–Crippen MR) is 210 cm³/mol. The lowest BCUT2D eigenvalue weighted by atomic mass is 9.67. The summed E-state index contributed by atoms with van der Waals surface area (Å²) in [5.41, 5.74) is 12.9. The van der Waals surface area contributed by atoms with Crippen LogP contribution in [-0.4, -0.2) is 23.0 Å². The monoisotopic (exact) mass is 674 g/mol. The number of hydrogen-bond donors (Lipinski definition) is 0. The van der Waals surface area contributed by atoms with Gasteiger partial charge >= 0.3 is 0 Å². The smallest absolute Gasteiger partial charge is 0.226 e. The Balaban J connectivity index is 1.10. The van der Waals surface area contributed by atoms with E-state index in [2.05, 4.69) is 164 Å². The van der Waals surface area contributed by atoms with Crippen LogP contribution in [0.25, 0.3) is 27.8 Å². The van der Waals surface area contributed by atoms with Crippen molar-refractivity contribution in [2.45, 2.75) is 29.7 Å². The summed E-state index contributed by atoms with van der Waals surface area (Å²) in [5, 5.41) is 9.97. The lowest BCUT2D eigenvalue weighted by Gasteiger charge is -2.34. The fourth-order valence-corrected chi connectivity index (χ4v) is 8.97. The SMILES string of the molecule is CCC1/N=C2/N=CC(c3ccc(-c4ccc5c(c4)C(c4ccccc4)(c4ccccc4)c4cc(C#N)ccc4-5)cc3)=CN2CSc2ccccc21. The van der Waals surface area contributed by atoms with Crippen molar-refractivity contribution in [1.82, 2.24) is 4.90 Å². The van der Waals surface area contributed by atoms with Gasteiger partial charge in [-0.2, -0.15) is 5.26 Å². The molecule has 4 nitrogen and oxygen atoms in total. The average Bonchev–Trinajstić information content (AvgIpc) is 3.49. The molecule has 6 aromatic rings. The predicted octanol–water partition coefficient (Wildman–Crippen LogP) is 10.9. The third kappa shape index (κ3) is 5.14. The highest BCUT2D eigenvalue weighted by Crippen LogP contribution is 2.57. The van der Waals surface area contributed by atoms with E-state index < -0.39 is 5.41 Å². The first-order valence-corrected chi connectivity index (χ1v) is 18.4. The largest absolute Gasteiger partial charge is 0.307 e. The van der Waals surface area contributed by atoms with Crippen LogP contribution in [0.1, 0.15) is 58.3 Å². The van der Waals surface area contributed by atoms with E-state index in [0.717, 1.165) is 46.1 Å². The van der Waals surface area contributed by atoms with Crippen molar-refractivity contribution in [1.29, 1.82) is 5.26 Å². The molecular formula is C46H34N4S. The van der Waals surface area contributed by atoms with Gasteiger partial charge in [-0.05, 0) is 86.3 Å². The molecule has 5 heteroatoms. The quantitative estimate of drug-likeness (QED) is 0.183. The third-order valence-corrected chi connectivity index (χ3v) is 11.5. The Labute approximate surface area is 303 Å². The van der Waals surface area contributed by atoms with Gasteiger partial charge < -0.3 is 4.90 Å². The number of rotatable bonds is 5. The number of benzene rings is 6. The van der Waals surface area contributed by atoms with Crippen LogP contribution in [0.4, 0.5) is 0 Å². The Morgan fingerprint density at radius 3 is 2.06 bits per heavy atom. The molecule has 0 bridgehead atoms. The fraction of sp³-hybridized carbons (Fsp3) is 0.109. The summed E-state index contributed by atoms with van der Waals surface area (Å²) in [6.45, 7) is 2.19. The van der Waals surface area contributed by atoms with Crippen molar-refractivity contribution in [3.8, 4) is 28.3 Å². The van der Waals surface area contributed by atoms with Gasteiger partial charge in [0.2, 0.25) is 5.96 Å². The van der Waals surface area contributed by atoms with E-state index in [1.54, 1.807) is 0 Å². The van der Waals surface area contributed by atoms with Gasteiger partial charge in [0.25, 0.3) is 0 Å². The van der Waals surface area contributed by atoms with E-state index in [0.29, 0.717) is 5.56 Å². The van der Waals surface area contributed by atoms with E-state index in [9.17, 15) is 5.26 Å². The molecule has 0 N–H and O–H groups in total. The van der Waals surface area contributed by atoms with Crippen molar-refractivity contribution in [3.05, 3.63) is 191 Å². The molecule has 0 radical (unpaired) electrons. The number of hydrogen-bond acceptors (Lipinski definition) is 5. The van der Waals surface area contributed by atoms with Crippen LogP contribution in [-0.2, 0) is 5.41 Å². The Morgan fingerprint density at radius 2 is 1.35 bits per heavy atom. The zero-order chi connectivity index (χ0) is 34.4. The van der Waals surface area contributed by atoms with Gasteiger partial charge in [-0.1, -0.05) is 128 Å². The van der Waals surface area contributed by atoms with Crippen molar-refractivity contribution >= 4 is 29.5 Å². The van der Waals surface area contributed by atoms with E-state index in [-0.39, 0.29) is 6.04 Å². The van der Waals surface area contributed by atoms with Crippen molar-refractivity contribution in [2.24, 2.45) is 9.98 Å². The van der Waals surface area contributed by atoms with Gasteiger partial charge in [-0.3, -0.25) is 0 Å². The number of nitriles is 1. The maximum Gasteiger partial charge on any atom is 0.226 e. The van der Waals surface area contributed by atoms with Crippen LogP contribution in [0.3, 0.4) is 0 Å². The summed E-state index contributed by atoms with van der Waals surface area (Å²) in [7, 11) is 0. The minimum Gasteiger partial charge on any atom is -0.307 e. The van der Waals surface area contributed by atoms with E-state index >= 15 is 0 Å². The van der Waals surface area contributed by atoms with Gasteiger partial charge in [-0.15, -0.1) is 11.8 Å². The minimum atomic E-state index is -0.569. The minimum absolute atomic E-state index is 0.0916. The lowest BCUT2D eigenvalue weighted by Crippen LogP contribution is -2.29. The lowest BCUT2D eigenvalue weighted by molar-refractivity contribution is 0.607. The first-order valence-electron chi connectivity index (χ1n) is 17.4. The Kier molecular flexibility index (Phi) is 7.75. The molecule has 6 aromatic carbocycles. The van der Waals surface area contributed by atoms with E-state index in [1.807, 2.05) is 24.0 Å². The molecule has 0 fully saturated rings. The molecule has 1 atom stereocenters. The van der Waals surface area contributed by atoms with Crippen LogP contribution in [0.15, 0.2) is 167 Å². The van der Waals surface area contributed by atoms with Gasteiger partial charge in [0.1, 0.15) is 0 Å². The zero-order valence-corrected chi connectivity index (χ0v) is 29.0. The van der Waals surface area contributed by atoms with Crippen molar-refractivity contribution < 1.29 is 0 Å². The van der Waals surface area contributed by atoms with Crippen LogP contribution in [0, 0.1) is 11.3 Å². The summed E-state index contributed by atoms with van der Waals surface area (Å²) in [5.74, 6) is 1.52. The van der Waals surface area contributed by atoms with E-state index in [4.69, 9.17) is 9.98 Å². The number of aliphatic imine (C=N–C) groups is 2. The van der Waals surface area contributed by atoms with Crippen LogP contribution < -0.4 is 0 Å². The second-order valence-electron chi connectivity index (χ2n) is 13.2. The molecule has 2 aliphatic heterocycles. The summed E-state index contributed by atoms with van der Waals surface area (Å²) in [4.78, 5) is 13.4. The van der Waals surface area contributed by atoms with Gasteiger partial charge in [-0.25, -0.2) is 9.98 Å². The summed E-state index contributed by atoms with van der Waals surface area (Å²) >= 11 is 1.84. The number of thioether (sulfide) groups is 1. The number of fused-ring (bicyclic) bond motifs is 5. The number of nitrogens with zero attached hydrogens (tertiary/aromatic N) is 4. The van der Waals surface area contributed by atoms with Gasteiger partial charge in [0, 0.05) is 22.9 Å². The second-order valence-corrected chi connectivity index (χ2v) is 14.2. The molecule has 2 heterocycles. The fourth-order valence-electron chi connectivity index (χ4n) is 7.95. The molecule has 0 spiro atoms. The molecule has 0 amide bonds. The molecule has 244 valence electrons. The molecule has 51 heavy (non-hydrogen) atoms. The van der Waals surface area contributed by atoms with Crippen molar-refractivity contribution in [3.63, 3.8) is 0 Å². The number of guanidine groups is 1. The Bertz CT molecular complexity index is 2380. The van der Waals surface area contributed by atoms with Crippen molar-refractivity contribution in [2.75, 3.05) is 5.88 Å². The highest BCUT2D eigenvalue weighted by atomic mass is 32.2. The molecule has 1 aliphatic carbocycles. The average molecular weight is 675 g/mol. The standard InChI is InChI=1S/C46H34N4S/c1-2-43-40-15-9-10-16-44(40)51-30-50-29-35(28-48-45(50)49-43)33-20-18-32(19-21-33)34-22-24-39-38-23-17-31(27-47)25-41(38)46(42(39)26-34,36-11-5-3-6-12-36)37-13-7-4-8-14-37/h3-26,28-29,43H,2,30H2,1H3/b49-45-. The normalized spacial score (nSPS) is 17.7. The Hall–Kier alpha value is -5.96. The topological polar surface area (TPSA) is 51.8 Å². The summed E-state index contributed by atoms with van der Waals surface area (Å²) in [6.07, 6.45) is 5.06. The maximum atomic E-state index is 9.97. The third-order valence-electron chi connectivity index (χ3n) is 10.4. The van der Waals surface area contributed by atoms with Gasteiger partial charge in [0.15, 0.2) is 0 Å². The first kappa shape index (κ1) is 31.1. The molecular weight excluding hydrogens is 641 g/mol. The molecule has 1 unspecified atom stereocenters. The Morgan fingerprint density at radius 1 is 0.725 bits per heavy atom. The maximum absolute atomic E-state index is 9.97. The first-order chi connectivity index (χ1) is 25.2. The highest BCUT2D eigenvalue weighted by Gasteiger charge is 2.46. The van der Waals surface area contributed by atoms with Crippen LogP contribution in [0.5, 0.6) is 0 Å². The molecule has 9 rings (SSSR count). The van der Waals surface area contributed by atoms with Crippen LogP contribution in [0.2, 0.25) is 0 Å². The van der Waals surface area contributed by atoms with Gasteiger partial charge in [0.05, 0.1) is 29.0 Å². The molecule has 0 aromatic heterocycles. The molecule has 0 saturated carbocycles. The van der Waals surface area contributed by atoms with E-state index in [1.165, 1.54) is 38.3 Å². The number of allylic oxidation sites excluding steroid dienone is 1. The summed E-state index contributed by atoms with van der Waals surface area (Å²) in [6, 6.07) is 54.3. The zero-order valence-electron chi connectivity index (χ0n) is 28.2. The molecule has 3 aliphatic rings. The summed E-state index contributed by atoms with van der Waals surface area (Å²) < 4.78 is 0. The second kappa shape index (κ2) is 12.7. The highest BCUT2D eigenvalue weighted by molar-refractivity contribution is 7.99. The molecule has 0 saturated heterocycles. The van der Waals surface area contributed by atoms with Crippen LogP contribution >= 0.6 is 11.8 Å².